The van der Waals surface area contributed by atoms with Gasteiger partial charge >= 0.3 is 44.7 Å². The summed E-state index contributed by atoms with van der Waals surface area (Å²) in [5, 5.41) is 7.75. The molecule has 8 nitrogen and oxygen atoms in total. The molecule has 0 aliphatic carbocycles. The van der Waals surface area contributed by atoms with E-state index in [9.17, 15) is 14.2 Å². The van der Waals surface area contributed by atoms with Crippen molar-refractivity contribution in [2.45, 2.75) is 17.9 Å². The Labute approximate surface area is 108 Å². The maximum Gasteiger partial charge on any atom is 1.00 e. The van der Waals surface area contributed by atoms with Crippen molar-refractivity contribution < 1.29 is 63.4 Å². The van der Waals surface area contributed by atoms with Crippen molar-refractivity contribution >= 4 is 15.2 Å². The standard InChI is InChI=1S/C4H12NO7P2.Na/c5-3-1-2-4(6,13(7,8)9)14(10,11)12;/h1-3,5H2,(H2,7,8,9)(H2,10,11,12);/q-1;+1. The average Bonchev–Trinajstić information content (AvgIpc) is 1.95. The van der Waals surface area contributed by atoms with Crippen molar-refractivity contribution in [3.63, 3.8) is 0 Å². The summed E-state index contributed by atoms with van der Waals surface area (Å²) >= 11 is 0. The maximum absolute atomic E-state index is 11.3. The summed E-state index contributed by atoms with van der Waals surface area (Å²) in [5.74, 6) is 0. The summed E-state index contributed by atoms with van der Waals surface area (Å²) in [6, 6.07) is 0. The molecule has 6 N–H and O–H groups in total. The van der Waals surface area contributed by atoms with Crippen LogP contribution in [0.15, 0.2) is 0 Å². The summed E-state index contributed by atoms with van der Waals surface area (Å²) < 4.78 is 21.3. The molecule has 0 amide bonds. The molecule has 0 aliphatic rings. The molecule has 0 atom stereocenters. The molecule has 0 unspecified atom stereocenters. The monoisotopic (exact) mass is 271 g/mol. The van der Waals surface area contributed by atoms with Crippen molar-refractivity contribution in [1.29, 1.82) is 0 Å². The zero-order chi connectivity index (χ0) is 11.6. The predicted octanol–water partition coefficient (Wildman–Crippen LogP) is -4.90. The molecule has 0 aromatic heterocycles. The number of hydrogen-bond acceptors (Lipinski definition) is 4. The van der Waals surface area contributed by atoms with E-state index >= 15 is 0 Å². The molecule has 0 aromatic carbocycles. The average molecular weight is 271 g/mol. The molecule has 15 heavy (non-hydrogen) atoms. The van der Waals surface area contributed by atoms with Crippen LogP contribution in [-0.4, -0.2) is 31.2 Å². The second kappa shape index (κ2) is 6.23. The van der Waals surface area contributed by atoms with Gasteiger partial charge in [-0.3, -0.25) is 9.13 Å². The Morgan fingerprint density at radius 3 is 1.67 bits per heavy atom. The minimum absolute atomic E-state index is 0. The Kier molecular flexibility index (Phi) is 7.72. The van der Waals surface area contributed by atoms with Crippen LogP contribution in [0.5, 0.6) is 0 Å². The van der Waals surface area contributed by atoms with Gasteiger partial charge < -0.3 is 30.4 Å². The van der Waals surface area contributed by atoms with Gasteiger partial charge in [0.1, 0.15) is 0 Å². The molecule has 0 aliphatic heterocycles. The molecule has 0 saturated heterocycles. The second-order valence-corrected chi connectivity index (χ2v) is 6.70. The topological polar surface area (TPSA) is 164 Å². The van der Waals surface area contributed by atoms with Crippen LogP contribution in [0, 0.1) is 0 Å². The maximum atomic E-state index is 11.3. The summed E-state index contributed by atoms with van der Waals surface area (Å²) in [7, 11) is -10.8. The molecule has 0 spiro atoms. The fraction of sp³-hybridized carbons (Fsp3) is 1.00. The van der Waals surface area contributed by atoms with Crippen LogP contribution in [-0.2, 0) is 9.13 Å². The molecule has 0 rings (SSSR count). The van der Waals surface area contributed by atoms with Crippen LogP contribution in [0.1, 0.15) is 12.8 Å². The van der Waals surface area contributed by atoms with Gasteiger partial charge in [0.25, 0.3) is 0 Å². The third kappa shape index (κ3) is 4.53. The first kappa shape index (κ1) is 18.6. The molecule has 0 bridgehead atoms. The molecule has 0 aromatic rings. The second-order valence-electron chi connectivity index (χ2n) is 2.72. The first-order valence-corrected chi connectivity index (χ1v) is 6.80. The molecule has 0 radical (unpaired) electrons. The predicted molar refractivity (Wildman–Crippen MR) is 45.1 cm³/mol. The van der Waals surface area contributed by atoms with E-state index in [0.29, 0.717) is 0 Å². The molecule has 86 valence electrons. The van der Waals surface area contributed by atoms with E-state index in [4.69, 9.17) is 25.3 Å². The summed E-state index contributed by atoms with van der Waals surface area (Å²) in [6.07, 6.45) is -1.03. The van der Waals surface area contributed by atoms with Crippen molar-refractivity contribution in [1.82, 2.24) is 0 Å². The molecule has 0 heterocycles. The molecule has 0 saturated carbocycles. The normalized spacial score (nSPS) is 13.5. The Hall–Kier alpha value is 1.22. The molecular weight excluding hydrogens is 259 g/mol. The van der Waals surface area contributed by atoms with Gasteiger partial charge in [-0.2, -0.15) is 0 Å². The van der Waals surface area contributed by atoms with Crippen LogP contribution in [0.4, 0.5) is 0 Å². The van der Waals surface area contributed by atoms with Crippen LogP contribution < -0.4 is 40.4 Å². The Morgan fingerprint density at radius 1 is 1.13 bits per heavy atom. The Balaban J connectivity index is 0. The minimum Gasteiger partial charge on any atom is -0.831 e. The van der Waals surface area contributed by atoms with Gasteiger partial charge in [-0.15, -0.1) is 0 Å². The van der Waals surface area contributed by atoms with Crippen LogP contribution in [0.2, 0.25) is 0 Å². The molecule has 11 heteroatoms. The zero-order valence-corrected chi connectivity index (χ0v) is 11.9. The summed E-state index contributed by atoms with van der Waals surface area (Å²) in [5.41, 5.74) is 4.98. The van der Waals surface area contributed by atoms with Crippen LogP contribution in [0.3, 0.4) is 0 Å². The van der Waals surface area contributed by atoms with Gasteiger partial charge in [0.05, 0.1) is 5.08 Å². The van der Waals surface area contributed by atoms with E-state index in [0.717, 1.165) is 0 Å². The van der Waals surface area contributed by atoms with Crippen molar-refractivity contribution in [2.24, 2.45) is 5.73 Å². The first-order valence-electron chi connectivity index (χ1n) is 3.58. The first-order chi connectivity index (χ1) is 6.06. The van der Waals surface area contributed by atoms with E-state index in [1.807, 2.05) is 0 Å². The van der Waals surface area contributed by atoms with Crippen molar-refractivity contribution in [3.05, 3.63) is 0 Å². The van der Waals surface area contributed by atoms with E-state index in [2.05, 4.69) is 0 Å². The quantitative estimate of drug-likeness (QED) is 0.245. The van der Waals surface area contributed by atoms with Gasteiger partial charge in [-0.05, 0) is 19.4 Å². The summed E-state index contributed by atoms with van der Waals surface area (Å²) in [6.45, 7) is -0.0794. The van der Waals surface area contributed by atoms with Gasteiger partial charge in [0.15, 0.2) is 0 Å². The number of hydrogen-bond donors (Lipinski definition) is 5. The van der Waals surface area contributed by atoms with Gasteiger partial charge in [-0.25, -0.2) is 0 Å². The Bertz CT molecular complexity index is 263. The van der Waals surface area contributed by atoms with E-state index in [-0.39, 0.29) is 42.5 Å². The molecular formula is C4H12NNaO7P2. The molecule has 0 fully saturated rings. The smallest absolute Gasteiger partial charge is 0.831 e. The van der Waals surface area contributed by atoms with Gasteiger partial charge in [0, 0.05) is 0 Å². The van der Waals surface area contributed by atoms with Crippen molar-refractivity contribution in [3.8, 4) is 0 Å². The van der Waals surface area contributed by atoms with E-state index in [1.54, 1.807) is 0 Å². The SMILES string of the molecule is NCCCC([O-])(P(=O)(O)O)P(=O)(O)O.[Na+]. The van der Waals surface area contributed by atoms with E-state index in [1.165, 1.54) is 0 Å². The Morgan fingerprint density at radius 2 is 1.47 bits per heavy atom. The zero-order valence-electron chi connectivity index (χ0n) is 8.11. The third-order valence-electron chi connectivity index (χ3n) is 1.62. The largest absolute Gasteiger partial charge is 1.00 e. The summed E-state index contributed by atoms with van der Waals surface area (Å²) in [4.78, 5) is 34.3. The fourth-order valence-corrected chi connectivity index (χ4v) is 3.05. The van der Waals surface area contributed by atoms with Crippen molar-refractivity contribution in [2.75, 3.05) is 6.54 Å². The van der Waals surface area contributed by atoms with Crippen LogP contribution in [0.25, 0.3) is 0 Å². The van der Waals surface area contributed by atoms with Crippen LogP contribution >= 0.6 is 15.2 Å². The minimum atomic E-state index is -5.41. The van der Waals surface area contributed by atoms with E-state index < -0.39 is 26.7 Å². The fourth-order valence-electron chi connectivity index (χ4n) is 0.793. The van der Waals surface area contributed by atoms with Gasteiger partial charge in [0.2, 0.25) is 0 Å². The van der Waals surface area contributed by atoms with Gasteiger partial charge in [-0.1, -0.05) is 0 Å². The third-order valence-corrected chi connectivity index (χ3v) is 5.45. The number of rotatable bonds is 5. The number of nitrogens with two attached hydrogens (primary N) is 1.